The highest BCUT2D eigenvalue weighted by Gasteiger charge is 2.53. The molecule has 16 aromatic rings. The number of fused-ring (bicyclic) bond motifs is 15. The highest BCUT2D eigenvalue weighted by molar-refractivity contribution is 7.05. The summed E-state index contributed by atoms with van der Waals surface area (Å²) in [6.45, 7) is -0.786. The molecular formula is C90H53B4N5O4. The maximum atomic E-state index is 7.78. The molecule has 0 spiro atoms. The van der Waals surface area contributed by atoms with Crippen LogP contribution in [-0.2, 0) is 0 Å². The summed E-state index contributed by atoms with van der Waals surface area (Å²) in [7, 11) is 0. The maximum Gasteiger partial charge on any atom is 0.256 e. The van der Waals surface area contributed by atoms with E-state index in [1.807, 2.05) is 0 Å². The zero-order valence-corrected chi connectivity index (χ0v) is 55.3. The summed E-state index contributed by atoms with van der Waals surface area (Å²) in [4.78, 5) is 9.56. The van der Waals surface area contributed by atoms with E-state index in [1.165, 1.54) is 43.7 Å². The lowest BCUT2D eigenvalue weighted by Crippen LogP contribution is -2.67. The van der Waals surface area contributed by atoms with Crippen molar-refractivity contribution in [3.8, 4) is 51.7 Å². The number of rotatable bonds is 8. The summed E-state index contributed by atoms with van der Waals surface area (Å²) in [6.07, 6.45) is 0. The minimum absolute atomic E-state index is 0.188. The average molecular weight is 1310 g/mol. The number of hydrogen-bond donors (Lipinski definition) is 0. The molecule has 8 aliphatic heterocycles. The molecule has 0 saturated carbocycles. The van der Waals surface area contributed by atoms with Crippen LogP contribution in [0, 0.1) is 0 Å². The molecule has 13 heteroatoms. The molecule has 15 aromatic carbocycles. The second-order valence-corrected chi connectivity index (χ2v) is 28.1. The smallest absolute Gasteiger partial charge is 0.256 e. The van der Waals surface area contributed by atoms with Gasteiger partial charge >= 0.3 is 0 Å². The molecule has 9 nitrogen and oxygen atoms in total. The standard InChI is InChI=1S/C90H53B4N5O4/c1-7-25-54(26-8-1)95(55-27-9-2-10-28-55)60-45-74-84-80(47-60)100-76-43-21-19-39-64(76)91(84)68-49-70-78(51-72(68)97(74)58-33-15-5-16-34-58)102-82-53-83-87-90-86(82)93(70)66-41-23-37-62-63-38-24-42-67(89(63)99(90)88(62)66)94(87)71-50-69-73(52-79(71)103-83)98(59-35-17-6-18-36-59)75-46-61(48-81-85(75)92(69)65-40-20-22-44-77(65)101-81)96(56-29-11-3-12-30-56)57-31-13-4-14-32-57/h1-53H. The minimum atomic E-state index is -0.205. The summed E-state index contributed by atoms with van der Waals surface area (Å²) >= 11 is 0. The quantitative estimate of drug-likeness (QED) is 0.140. The maximum absolute atomic E-state index is 7.78. The predicted octanol–water partition coefficient (Wildman–Crippen LogP) is 14.4. The molecule has 0 amide bonds. The van der Waals surface area contributed by atoms with Crippen molar-refractivity contribution in [1.82, 2.24) is 4.57 Å². The molecule has 474 valence electrons. The third-order valence-electron chi connectivity index (χ3n) is 22.9. The molecule has 9 heterocycles. The van der Waals surface area contributed by atoms with Crippen molar-refractivity contribution in [2.45, 2.75) is 0 Å². The van der Waals surface area contributed by atoms with Crippen molar-refractivity contribution >= 4 is 182 Å². The number of aromatic nitrogens is 1. The van der Waals surface area contributed by atoms with Gasteiger partial charge in [0, 0.05) is 115 Å². The fourth-order valence-electron chi connectivity index (χ4n) is 18.9. The number of anilines is 12. The van der Waals surface area contributed by atoms with Gasteiger partial charge in [-0.1, -0.05) is 194 Å². The Bertz CT molecular complexity index is 5930. The predicted molar refractivity (Wildman–Crippen MR) is 424 cm³/mol. The van der Waals surface area contributed by atoms with Crippen LogP contribution in [-0.4, -0.2) is 31.4 Å². The fraction of sp³-hybridized carbons (Fsp3) is 0. The van der Waals surface area contributed by atoms with E-state index in [9.17, 15) is 0 Å². The lowest BCUT2D eigenvalue weighted by molar-refractivity contribution is 0.465. The van der Waals surface area contributed by atoms with Crippen molar-refractivity contribution in [2.24, 2.45) is 0 Å². The Morgan fingerprint density at radius 3 is 0.971 bits per heavy atom. The summed E-state index contributed by atoms with van der Waals surface area (Å²) in [5, 5.41) is 2.47. The molecule has 1 aromatic heterocycles. The number of hydrogen-bond acceptors (Lipinski definition) is 8. The Labute approximate surface area is 595 Å². The minimum Gasteiger partial charge on any atom is -0.458 e. The van der Waals surface area contributed by atoms with Gasteiger partial charge in [0.15, 0.2) is 0 Å². The number of para-hydroxylation sites is 10. The Morgan fingerprint density at radius 2 is 0.563 bits per heavy atom. The third kappa shape index (κ3) is 7.59. The molecule has 0 aliphatic carbocycles. The van der Waals surface area contributed by atoms with Gasteiger partial charge in [0.2, 0.25) is 0 Å². The molecule has 8 aliphatic rings. The van der Waals surface area contributed by atoms with Crippen molar-refractivity contribution in [2.75, 3.05) is 19.6 Å². The molecular weight excluding hydrogens is 1260 g/mol. The van der Waals surface area contributed by atoms with Gasteiger partial charge in [0.05, 0.1) is 11.4 Å². The van der Waals surface area contributed by atoms with E-state index < -0.39 is 0 Å². The van der Waals surface area contributed by atoms with Crippen LogP contribution in [0.5, 0.6) is 46.0 Å². The van der Waals surface area contributed by atoms with Crippen LogP contribution >= 0.6 is 0 Å². The first-order valence-electron chi connectivity index (χ1n) is 35.5. The normalized spacial score (nSPS) is 13.8. The van der Waals surface area contributed by atoms with Crippen LogP contribution in [0.15, 0.2) is 322 Å². The van der Waals surface area contributed by atoms with Crippen LogP contribution < -0.4 is 104 Å². The Morgan fingerprint density at radius 1 is 0.223 bits per heavy atom. The summed E-state index contributed by atoms with van der Waals surface area (Å²) < 4.78 is 32.7. The van der Waals surface area contributed by atoms with Crippen molar-refractivity contribution in [1.29, 1.82) is 0 Å². The van der Waals surface area contributed by atoms with Crippen LogP contribution in [0.1, 0.15) is 0 Å². The van der Waals surface area contributed by atoms with E-state index in [0.717, 1.165) is 164 Å². The van der Waals surface area contributed by atoms with Crippen molar-refractivity contribution < 1.29 is 18.9 Å². The number of benzene rings is 15. The summed E-state index contributed by atoms with van der Waals surface area (Å²) in [5.74, 6) is 6.55. The monoisotopic (exact) mass is 1310 g/mol. The first-order valence-corrected chi connectivity index (χ1v) is 35.5. The van der Waals surface area contributed by atoms with Crippen LogP contribution in [0.25, 0.3) is 27.5 Å². The van der Waals surface area contributed by atoms with Crippen LogP contribution in [0.2, 0.25) is 0 Å². The average Bonchev–Trinajstić information content (AvgIpc) is 1.60. The van der Waals surface area contributed by atoms with Crippen molar-refractivity contribution in [3.63, 3.8) is 0 Å². The molecule has 0 bridgehead atoms. The van der Waals surface area contributed by atoms with Gasteiger partial charge in [0.1, 0.15) is 46.0 Å². The molecule has 24 rings (SSSR count). The first kappa shape index (κ1) is 55.6. The second kappa shape index (κ2) is 20.7. The lowest BCUT2D eigenvalue weighted by Gasteiger charge is -2.44. The van der Waals surface area contributed by atoms with Gasteiger partial charge in [0.25, 0.3) is 26.9 Å². The SMILES string of the molecule is c1ccc(N(c2ccccc2)c2cc3c4c(c2)N(c2ccccc2)c2cc5c(cc2B4c2ccccc2O3)B2c3c(cc4c6c3-n3c7c2cccc7c2cccc(c23)B6c2cc3c(cc2O4)N(c2ccccc2)c2cc(N(c4ccccc4)c4ccccc4)cc4c2B3c2ccccc2O4)O5)cc1. The van der Waals surface area contributed by atoms with E-state index >= 15 is 0 Å². The van der Waals surface area contributed by atoms with Crippen molar-refractivity contribution in [3.05, 3.63) is 322 Å². The highest BCUT2D eigenvalue weighted by Crippen LogP contribution is 2.51. The van der Waals surface area contributed by atoms with Crippen LogP contribution in [0.3, 0.4) is 0 Å². The van der Waals surface area contributed by atoms with Crippen LogP contribution in [0.4, 0.5) is 68.2 Å². The molecule has 0 atom stereocenters. The van der Waals surface area contributed by atoms with Gasteiger partial charge in [-0.2, -0.15) is 0 Å². The number of nitrogens with zero attached hydrogens (tertiary/aromatic N) is 5. The molecule has 0 fully saturated rings. The summed E-state index contributed by atoms with van der Waals surface area (Å²) in [6, 6.07) is 117. The van der Waals surface area contributed by atoms with Gasteiger partial charge in [-0.15, -0.1) is 0 Å². The Kier molecular flexibility index (Phi) is 11.2. The van der Waals surface area contributed by atoms with Gasteiger partial charge in [-0.3, -0.25) is 0 Å². The van der Waals surface area contributed by atoms with E-state index in [4.69, 9.17) is 18.9 Å². The van der Waals surface area contributed by atoms with E-state index in [1.54, 1.807) is 0 Å². The molecule has 103 heavy (non-hydrogen) atoms. The van der Waals surface area contributed by atoms with Gasteiger partial charge in [-0.25, -0.2) is 0 Å². The van der Waals surface area contributed by atoms with E-state index in [0.29, 0.717) is 0 Å². The first-order chi connectivity index (χ1) is 51.1. The third-order valence-corrected chi connectivity index (χ3v) is 22.9. The molecule has 0 N–H and O–H groups in total. The molecule has 0 radical (unpaired) electrons. The largest absolute Gasteiger partial charge is 0.458 e. The lowest BCUT2D eigenvalue weighted by atomic mass is 9.28. The Hall–Kier alpha value is -13.2. The Balaban J connectivity index is 0.732. The van der Waals surface area contributed by atoms with E-state index in [-0.39, 0.29) is 26.9 Å². The van der Waals surface area contributed by atoms with E-state index in [2.05, 4.69) is 346 Å². The zero-order chi connectivity index (χ0) is 66.9. The highest BCUT2D eigenvalue weighted by atomic mass is 16.5. The second-order valence-electron chi connectivity index (χ2n) is 28.1. The topological polar surface area (TPSA) is 54.8 Å². The summed E-state index contributed by atoms with van der Waals surface area (Å²) in [5.41, 5.74) is 29.9. The zero-order valence-electron chi connectivity index (χ0n) is 55.3. The number of ether oxygens (including phenoxy) is 4. The molecule has 0 saturated heterocycles. The fourth-order valence-corrected chi connectivity index (χ4v) is 18.9. The molecule has 0 unspecified atom stereocenters. The van der Waals surface area contributed by atoms with Gasteiger partial charge in [-0.05, 0) is 163 Å². The van der Waals surface area contributed by atoms with Gasteiger partial charge < -0.3 is 43.1 Å².